The maximum absolute atomic E-state index is 12.6. The summed E-state index contributed by atoms with van der Waals surface area (Å²) in [5, 5.41) is 2.80. The summed E-state index contributed by atoms with van der Waals surface area (Å²) < 4.78 is 15.6. The maximum atomic E-state index is 12.6. The molecule has 0 aliphatic heterocycles. The van der Waals surface area contributed by atoms with E-state index in [1.54, 1.807) is 18.3 Å². The summed E-state index contributed by atoms with van der Waals surface area (Å²) in [5.74, 6) is -1.26. The van der Waals surface area contributed by atoms with Crippen molar-refractivity contribution in [1.29, 1.82) is 0 Å². The molecule has 60 heavy (non-hydrogen) atoms. The van der Waals surface area contributed by atoms with Crippen LogP contribution >= 0.6 is 0 Å². The second-order valence-corrected chi connectivity index (χ2v) is 14.4. The van der Waals surface area contributed by atoms with Gasteiger partial charge in [-0.1, -0.05) is 63.3 Å². The van der Waals surface area contributed by atoms with Crippen molar-refractivity contribution in [3.05, 3.63) is 78.2 Å². The molecule has 3 rings (SSSR count). The molecule has 2 aromatic heterocycles. The number of esters is 3. The molecule has 5 N–H and O–H groups in total. The van der Waals surface area contributed by atoms with Gasteiger partial charge < -0.3 is 35.9 Å². The monoisotopic (exact) mass is 828 g/mol. The minimum Gasteiger partial charge on any atom is -0.466 e. The number of nitrogens with zero attached hydrogens (tertiary/aromatic N) is 5. The molecule has 0 aliphatic carbocycles. The highest BCUT2D eigenvalue weighted by molar-refractivity contribution is 5.94. The van der Waals surface area contributed by atoms with Gasteiger partial charge in [0.1, 0.15) is 6.61 Å². The van der Waals surface area contributed by atoms with Gasteiger partial charge in [-0.05, 0) is 88.1 Å². The summed E-state index contributed by atoms with van der Waals surface area (Å²) in [4.78, 5) is 67.3. The minimum atomic E-state index is -0.544. The largest absolute Gasteiger partial charge is 0.466 e. The van der Waals surface area contributed by atoms with Gasteiger partial charge in [0.25, 0.3) is 5.91 Å². The molecular weight excluding hydrogens is 765 g/mol. The Morgan fingerprint density at radius 1 is 0.733 bits per heavy atom. The number of nitrogens with two attached hydrogens (primary N) is 2. The predicted molar refractivity (Wildman–Crippen MR) is 235 cm³/mol. The first kappa shape index (κ1) is 48.5. The van der Waals surface area contributed by atoms with E-state index in [2.05, 4.69) is 56.5 Å². The van der Waals surface area contributed by atoms with E-state index in [9.17, 15) is 19.2 Å². The molecule has 15 heteroatoms. The third-order valence-electron chi connectivity index (χ3n) is 9.29. The topological polar surface area (TPSA) is 215 Å². The molecule has 0 saturated carbocycles. The Morgan fingerprint density at radius 2 is 1.40 bits per heavy atom. The van der Waals surface area contributed by atoms with Gasteiger partial charge >= 0.3 is 17.9 Å². The number of hydrogen-bond donors (Lipinski definition) is 3. The molecule has 0 fully saturated rings. The number of rotatable bonds is 30. The van der Waals surface area contributed by atoms with Crippen LogP contribution in [0.25, 0.3) is 11.2 Å². The molecule has 0 aliphatic rings. The highest BCUT2D eigenvalue weighted by Gasteiger charge is 2.12. The van der Waals surface area contributed by atoms with Gasteiger partial charge in [-0.25, -0.2) is 14.8 Å². The predicted octanol–water partition coefficient (Wildman–Crippen LogP) is 7.51. The highest BCUT2D eigenvalue weighted by atomic mass is 16.5. The Morgan fingerprint density at radius 3 is 2.13 bits per heavy atom. The van der Waals surface area contributed by atoms with Crippen LogP contribution < -0.4 is 21.7 Å². The minimum absolute atomic E-state index is 0.0336. The molecule has 0 atom stereocenters. The van der Waals surface area contributed by atoms with Crippen molar-refractivity contribution in [3.63, 3.8) is 0 Å². The summed E-state index contributed by atoms with van der Waals surface area (Å²) in [6, 6.07) is 7.07. The van der Waals surface area contributed by atoms with E-state index in [1.807, 2.05) is 24.1 Å². The van der Waals surface area contributed by atoms with Crippen LogP contribution in [-0.2, 0) is 35.1 Å². The van der Waals surface area contributed by atoms with Crippen LogP contribution in [0.3, 0.4) is 0 Å². The first-order valence-electron chi connectivity index (χ1n) is 21.2. The van der Waals surface area contributed by atoms with Crippen molar-refractivity contribution in [2.45, 2.75) is 116 Å². The number of carbonyl (C=O) groups excluding carboxylic acids is 4. The number of amides is 1. The molecular formula is C45H64N8O7. The zero-order valence-corrected chi connectivity index (χ0v) is 35.4. The number of fused-ring (bicyclic) bond motifs is 1. The molecule has 15 nitrogen and oxygen atoms in total. The van der Waals surface area contributed by atoms with Gasteiger partial charge in [-0.2, -0.15) is 9.97 Å². The number of nitrogen functional groups attached to an aromatic ring is 2. The van der Waals surface area contributed by atoms with Crippen LogP contribution in [0, 0.1) is 0 Å². The van der Waals surface area contributed by atoms with Crippen molar-refractivity contribution in [2.75, 3.05) is 49.8 Å². The maximum Gasteiger partial charge on any atom is 0.330 e. The van der Waals surface area contributed by atoms with E-state index in [-0.39, 0.29) is 49.8 Å². The molecule has 1 aromatic carbocycles. The average molecular weight is 829 g/mol. The quantitative estimate of drug-likeness (QED) is 0.0195. The van der Waals surface area contributed by atoms with Gasteiger partial charge in [0.05, 0.1) is 31.6 Å². The Labute approximate surface area is 354 Å². The summed E-state index contributed by atoms with van der Waals surface area (Å²) in [5.41, 5.74) is 14.2. The molecule has 0 radical (unpaired) electrons. The van der Waals surface area contributed by atoms with Gasteiger partial charge in [-0.15, -0.1) is 0 Å². The van der Waals surface area contributed by atoms with Crippen molar-refractivity contribution in [1.82, 2.24) is 25.3 Å². The summed E-state index contributed by atoms with van der Waals surface area (Å²) in [6.07, 6.45) is 27.9. The molecule has 0 unspecified atom stereocenters. The van der Waals surface area contributed by atoms with E-state index < -0.39 is 11.9 Å². The molecule has 326 valence electrons. The van der Waals surface area contributed by atoms with Crippen LogP contribution in [0.4, 0.5) is 17.5 Å². The molecule has 2 heterocycles. The standard InChI is InChI=1S/C45H64N8O7/c1-3-4-5-6-7-8-9-10-11-12-13-14-15-16-17-22-38(54)58-30-18-19-31-59-40(56)24-21-32-60-39(55)23-20-29-48-44(57)35-25-27-37(28-26-35)53(2)34-36-33-49-43-41(50-36)42(46)51-45(47)52-43/h8-9,11-12,21,24-28,33H,3-7,10,13-20,22-23,29-32,34H2,1-2H3,(H,48,57)(H4,46,47,49,51,52)/b9-8-,12-11-,24-21+. The van der Waals surface area contributed by atoms with E-state index in [0.29, 0.717) is 61.3 Å². The number of anilines is 3. The van der Waals surface area contributed by atoms with Crippen LogP contribution in [0.15, 0.2) is 66.9 Å². The Bertz CT molecular complexity index is 1850. The van der Waals surface area contributed by atoms with E-state index in [4.69, 9.17) is 25.7 Å². The normalized spacial score (nSPS) is 11.4. The zero-order chi connectivity index (χ0) is 43.2. The number of allylic oxidation sites excluding steroid dienone is 4. The lowest BCUT2D eigenvalue weighted by atomic mass is 10.1. The first-order valence-corrected chi connectivity index (χ1v) is 21.2. The second-order valence-electron chi connectivity index (χ2n) is 14.4. The van der Waals surface area contributed by atoms with Crippen molar-refractivity contribution in [2.24, 2.45) is 0 Å². The van der Waals surface area contributed by atoms with E-state index in [0.717, 1.165) is 44.2 Å². The van der Waals surface area contributed by atoms with Crippen molar-refractivity contribution < 1.29 is 33.4 Å². The number of ether oxygens (including phenoxy) is 3. The number of benzene rings is 1. The third kappa shape index (κ3) is 20.7. The fraction of sp³-hybridized carbons (Fsp3) is 0.511. The van der Waals surface area contributed by atoms with Gasteiger partial charge in [0.2, 0.25) is 5.95 Å². The summed E-state index contributed by atoms with van der Waals surface area (Å²) in [7, 11) is 1.88. The fourth-order valence-corrected chi connectivity index (χ4v) is 5.92. The van der Waals surface area contributed by atoms with Gasteiger partial charge in [-0.3, -0.25) is 14.4 Å². The first-order chi connectivity index (χ1) is 29.2. The fourth-order valence-electron chi connectivity index (χ4n) is 5.92. The molecule has 0 spiro atoms. The Kier molecular flexibility index (Phi) is 23.7. The Balaban J connectivity index is 1.13. The number of carbonyl (C=O) groups is 4. The summed E-state index contributed by atoms with van der Waals surface area (Å²) >= 11 is 0. The lowest BCUT2D eigenvalue weighted by Crippen LogP contribution is -2.25. The van der Waals surface area contributed by atoms with E-state index >= 15 is 0 Å². The van der Waals surface area contributed by atoms with Gasteiger partial charge in [0.15, 0.2) is 17.0 Å². The number of aromatic nitrogens is 4. The summed E-state index contributed by atoms with van der Waals surface area (Å²) in [6.45, 7) is 3.36. The zero-order valence-electron chi connectivity index (χ0n) is 35.4. The third-order valence-corrected chi connectivity index (χ3v) is 9.29. The molecule has 0 bridgehead atoms. The Hall–Kier alpha value is -5.86. The number of nitrogens with one attached hydrogen (secondary N) is 1. The van der Waals surface area contributed by atoms with Crippen LogP contribution in [0.5, 0.6) is 0 Å². The number of hydrogen-bond acceptors (Lipinski definition) is 14. The molecule has 1 amide bonds. The van der Waals surface area contributed by atoms with E-state index in [1.165, 1.54) is 44.3 Å². The molecule has 0 saturated heterocycles. The van der Waals surface area contributed by atoms with Gasteiger partial charge in [0, 0.05) is 43.8 Å². The van der Waals surface area contributed by atoms with Crippen molar-refractivity contribution in [3.8, 4) is 0 Å². The molecule has 3 aromatic rings. The smallest absolute Gasteiger partial charge is 0.330 e. The number of unbranched alkanes of at least 4 members (excludes halogenated alkanes) is 9. The van der Waals surface area contributed by atoms with Crippen molar-refractivity contribution >= 4 is 52.4 Å². The lowest BCUT2D eigenvalue weighted by molar-refractivity contribution is -0.144. The highest BCUT2D eigenvalue weighted by Crippen LogP contribution is 2.19. The van der Waals surface area contributed by atoms with Crippen LogP contribution in [-0.4, -0.2) is 77.2 Å². The lowest BCUT2D eigenvalue weighted by Gasteiger charge is -2.19. The average Bonchev–Trinajstić information content (AvgIpc) is 3.23. The second kappa shape index (κ2) is 29.4. The van der Waals surface area contributed by atoms with Crippen LogP contribution in [0.2, 0.25) is 0 Å². The SMILES string of the molecule is CCCCCC/C=C\C/C=C\CCCCCCC(=O)OCCCCOC(=O)/C=C/COC(=O)CCCNC(=O)c1ccc(N(C)Cc2cnc3nc(N)nc(N)c3n2)cc1. The van der Waals surface area contributed by atoms with Crippen LogP contribution in [0.1, 0.15) is 126 Å².